The normalized spacial score (nSPS) is 19.8. The summed E-state index contributed by atoms with van der Waals surface area (Å²) in [5.74, 6) is 0.742. The zero-order valence-electron chi connectivity index (χ0n) is 16.6. The lowest BCUT2D eigenvalue weighted by molar-refractivity contribution is -1.02. The largest absolute Gasteiger partial charge is 0.449 e. The summed E-state index contributed by atoms with van der Waals surface area (Å²) in [4.78, 5) is 23.3. The van der Waals surface area contributed by atoms with Crippen LogP contribution < -0.4 is 15.4 Å². The molecule has 0 spiro atoms. The molecule has 0 atom stereocenters. The lowest BCUT2D eigenvalue weighted by atomic mass is 10.1. The van der Waals surface area contributed by atoms with Gasteiger partial charge in [-0.1, -0.05) is 36.4 Å². The van der Waals surface area contributed by atoms with Crippen molar-refractivity contribution in [1.82, 2.24) is 9.97 Å². The number of piperazine rings is 1. The van der Waals surface area contributed by atoms with Gasteiger partial charge in [0.05, 0.1) is 0 Å². The molecule has 0 unspecified atom stereocenters. The van der Waals surface area contributed by atoms with Gasteiger partial charge in [-0.15, -0.1) is 0 Å². The molecule has 1 saturated heterocycles. The molecule has 0 saturated carbocycles. The van der Waals surface area contributed by atoms with Crippen molar-refractivity contribution in [3.63, 3.8) is 0 Å². The van der Waals surface area contributed by atoms with E-state index in [1.54, 1.807) is 4.90 Å². The summed E-state index contributed by atoms with van der Waals surface area (Å²) in [6, 6.07) is 16.3. The molecule has 6 nitrogen and oxygen atoms in total. The molecule has 1 aliphatic rings. The van der Waals surface area contributed by atoms with Gasteiger partial charge in [0.1, 0.15) is 50.4 Å². The van der Waals surface area contributed by atoms with Crippen molar-refractivity contribution >= 4 is 22.1 Å². The van der Waals surface area contributed by atoms with Crippen LogP contribution in [-0.2, 0) is 13.1 Å². The average molecular weight is 390 g/mol. The van der Waals surface area contributed by atoms with Crippen molar-refractivity contribution in [2.45, 2.75) is 20.0 Å². The SMILES string of the molecule is Cc1ccccc1C[NH+]1CC[NH+](Cc2nc3c(oc4ccccc43)c(=O)[nH]2)CC1. The Labute approximate surface area is 168 Å². The fourth-order valence-electron chi connectivity index (χ4n) is 4.36. The standard InChI is InChI=1S/C23H24N4O2/c1-16-6-2-3-7-17(16)14-26-10-12-27(13-11-26)15-20-24-21-18-8-4-5-9-19(18)29-22(21)23(28)25-20/h2-9H,10-15H2,1H3,(H,24,25,28)/p+2. The number of nitrogens with one attached hydrogen (secondary N) is 3. The van der Waals surface area contributed by atoms with Crippen molar-refractivity contribution in [3.8, 4) is 0 Å². The second kappa shape index (κ2) is 7.46. The third kappa shape index (κ3) is 3.57. The fraction of sp³-hybridized carbons (Fsp3) is 0.304. The molecule has 148 valence electrons. The first kappa shape index (κ1) is 18.1. The van der Waals surface area contributed by atoms with E-state index in [1.807, 2.05) is 24.3 Å². The van der Waals surface area contributed by atoms with Crippen molar-refractivity contribution < 1.29 is 14.2 Å². The first-order valence-electron chi connectivity index (χ1n) is 10.3. The second-order valence-corrected chi connectivity index (χ2v) is 8.07. The quantitative estimate of drug-likeness (QED) is 0.474. The molecule has 6 heteroatoms. The van der Waals surface area contributed by atoms with Gasteiger partial charge in [-0.05, 0) is 24.6 Å². The van der Waals surface area contributed by atoms with Gasteiger partial charge in [0, 0.05) is 10.9 Å². The molecule has 29 heavy (non-hydrogen) atoms. The summed E-state index contributed by atoms with van der Waals surface area (Å²) in [7, 11) is 0. The molecule has 0 aliphatic carbocycles. The van der Waals surface area contributed by atoms with Crippen molar-refractivity contribution in [2.75, 3.05) is 26.2 Å². The molecule has 0 bridgehead atoms. The van der Waals surface area contributed by atoms with Crippen molar-refractivity contribution in [2.24, 2.45) is 0 Å². The summed E-state index contributed by atoms with van der Waals surface area (Å²) in [5.41, 5.74) is 4.31. The van der Waals surface area contributed by atoms with Crippen LogP contribution in [0, 0.1) is 6.92 Å². The van der Waals surface area contributed by atoms with E-state index in [4.69, 9.17) is 9.40 Å². The van der Waals surface area contributed by atoms with Crippen LogP contribution in [-0.4, -0.2) is 36.1 Å². The predicted molar refractivity (Wildman–Crippen MR) is 112 cm³/mol. The highest BCUT2D eigenvalue weighted by molar-refractivity contribution is 6.01. The minimum absolute atomic E-state index is 0.190. The second-order valence-electron chi connectivity index (χ2n) is 8.07. The lowest BCUT2D eigenvalue weighted by Crippen LogP contribution is -3.27. The molecule has 2 aromatic heterocycles. The summed E-state index contributed by atoms with van der Waals surface area (Å²) in [5, 5.41) is 0.900. The van der Waals surface area contributed by atoms with E-state index >= 15 is 0 Å². The number of aromatic amines is 1. The van der Waals surface area contributed by atoms with Gasteiger partial charge >= 0.3 is 0 Å². The molecular formula is C23H26N4O2+2. The first-order chi connectivity index (χ1) is 14.2. The minimum Gasteiger partial charge on any atom is -0.449 e. The zero-order valence-corrected chi connectivity index (χ0v) is 16.6. The highest BCUT2D eigenvalue weighted by atomic mass is 16.3. The smallest absolute Gasteiger partial charge is 0.294 e. The molecule has 2 aromatic carbocycles. The molecule has 1 fully saturated rings. The van der Waals surface area contributed by atoms with Crippen molar-refractivity contribution in [3.05, 3.63) is 75.8 Å². The Balaban J connectivity index is 1.29. The highest BCUT2D eigenvalue weighted by Gasteiger charge is 2.24. The number of benzene rings is 2. The Morgan fingerprint density at radius 1 is 0.966 bits per heavy atom. The van der Waals surface area contributed by atoms with Crippen LogP contribution >= 0.6 is 0 Å². The number of nitrogens with zero attached hydrogens (tertiary/aromatic N) is 1. The van der Waals surface area contributed by atoms with E-state index in [0.717, 1.165) is 50.5 Å². The van der Waals surface area contributed by atoms with Crippen molar-refractivity contribution in [1.29, 1.82) is 0 Å². The van der Waals surface area contributed by atoms with E-state index in [0.29, 0.717) is 16.7 Å². The van der Waals surface area contributed by atoms with Gasteiger partial charge in [-0.25, -0.2) is 4.98 Å². The third-order valence-corrected chi connectivity index (χ3v) is 6.06. The molecule has 4 aromatic rings. The number of para-hydroxylation sites is 1. The van der Waals surface area contributed by atoms with Gasteiger partial charge in [-0.2, -0.15) is 0 Å². The van der Waals surface area contributed by atoms with E-state index in [9.17, 15) is 4.79 Å². The lowest BCUT2D eigenvalue weighted by Gasteiger charge is -2.29. The monoisotopic (exact) mass is 390 g/mol. The van der Waals surface area contributed by atoms with Crippen LogP contribution in [0.5, 0.6) is 0 Å². The molecule has 1 aliphatic heterocycles. The van der Waals surface area contributed by atoms with Gasteiger partial charge in [0.25, 0.3) is 5.56 Å². The summed E-state index contributed by atoms with van der Waals surface area (Å²) >= 11 is 0. The van der Waals surface area contributed by atoms with Gasteiger partial charge in [-0.3, -0.25) is 4.79 Å². The van der Waals surface area contributed by atoms with Crippen LogP contribution in [0.25, 0.3) is 22.1 Å². The maximum atomic E-state index is 12.5. The molecule has 3 heterocycles. The maximum Gasteiger partial charge on any atom is 0.294 e. The molecular weight excluding hydrogens is 364 g/mol. The number of quaternary nitrogens is 2. The highest BCUT2D eigenvalue weighted by Crippen LogP contribution is 2.24. The van der Waals surface area contributed by atoms with Crippen LogP contribution in [0.1, 0.15) is 17.0 Å². The number of hydrogen-bond acceptors (Lipinski definition) is 3. The average Bonchev–Trinajstić information content (AvgIpc) is 3.11. The van der Waals surface area contributed by atoms with Crippen LogP contribution in [0.15, 0.2) is 57.7 Å². The van der Waals surface area contributed by atoms with E-state index in [1.165, 1.54) is 16.0 Å². The topological polar surface area (TPSA) is 67.8 Å². The van der Waals surface area contributed by atoms with Gasteiger partial charge < -0.3 is 19.2 Å². The van der Waals surface area contributed by atoms with E-state index < -0.39 is 0 Å². The van der Waals surface area contributed by atoms with E-state index in [2.05, 4.69) is 36.2 Å². The summed E-state index contributed by atoms with van der Waals surface area (Å²) in [6.07, 6.45) is 0. The van der Waals surface area contributed by atoms with Gasteiger partial charge in [0.2, 0.25) is 5.58 Å². The Morgan fingerprint density at radius 2 is 1.66 bits per heavy atom. The predicted octanol–water partition coefficient (Wildman–Crippen LogP) is 0.461. The number of hydrogen-bond donors (Lipinski definition) is 3. The number of aryl methyl sites for hydroxylation is 1. The van der Waals surface area contributed by atoms with Crippen LogP contribution in [0.2, 0.25) is 0 Å². The Kier molecular flexibility index (Phi) is 4.66. The molecule has 0 amide bonds. The zero-order chi connectivity index (χ0) is 19.8. The molecule has 0 radical (unpaired) electrons. The Morgan fingerprint density at radius 3 is 2.45 bits per heavy atom. The number of rotatable bonds is 4. The Bertz CT molecular complexity index is 1220. The molecule has 3 N–H and O–H groups in total. The third-order valence-electron chi connectivity index (χ3n) is 6.06. The maximum absolute atomic E-state index is 12.5. The minimum atomic E-state index is -0.190. The number of H-pyrrole nitrogens is 1. The number of aromatic nitrogens is 2. The number of furan rings is 1. The number of fused-ring (bicyclic) bond motifs is 3. The molecule has 5 rings (SSSR count). The van der Waals surface area contributed by atoms with Crippen LogP contribution in [0.4, 0.5) is 0 Å². The summed E-state index contributed by atoms with van der Waals surface area (Å²) < 4.78 is 5.69. The fourth-order valence-corrected chi connectivity index (χ4v) is 4.36. The Hall–Kier alpha value is -2.96. The summed E-state index contributed by atoms with van der Waals surface area (Å²) in [6.45, 7) is 8.43. The van der Waals surface area contributed by atoms with E-state index in [-0.39, 0.29) is 5.56 Å². The van der Waals surface area contributed by atoms with Gasteiger partial charge in [0.15, 0.2) is 5.82 Å². The first-order valence-corrected chi connectivity index (χ1v) is 10.3. The van der Waals surface area contributed by atoms with Crippen LogP contribution in [0.3, 0.4) is 0 Å².